The van der Waals surface area contributed by atoms with E-state index >= 15 is 0 Å². The molecule has 0 radical (unpaired) electrons. The number of unbranched alkanes of at least 4 members (excludes halogenated alkanes) is 1. The summed E-state index contributed by atoms with van der Waals surface area (Å²) >= 11 is 0. The molecule has 1 aromatic rings. The third-order valence-corrected chi connectivity index (χ3v) is 4.09. The van der Waals surface area contributed by atoms with Gasteiger partial charge in [-0.1, -0.05) is 20.3 Å². The first-order chi connectivity index (χ1) is 10.3. The number of piperidine rings is 1. The lowest BCUT2D eigenvalue weighted by molar-refractivity contribution is 0.0947. The Morgan fingerprint density at radius 2 is 2.19 bits per heavy atom. The SMILES string of the molecule is CCCCNC(=O)c1ccc(N2CCCCC2CC)nn1. The topological polar surface area (TPSA) is 58.1 Å². The van der Waals surface area contributed by atoms with E-state index in [2.05, 4.69) is 34.3 Å². The number of hydrogen-bond donors (Lipinski definition) is 1. The van der Waals surface area contributed by atoms with Crippen molar-refractivity contribution in [3.63, 3.8) is 0 Å². The van der Waals surface area contributed by atoms with Crippen molar-refractivity contribution in [2.75, 3.05) is 18.0 Å². The minimum absolute atomic E-state index is 0.131. The molecule has 1 fully saturated rings. The van der Waals surface area contributed by atoms with E-state index in [1.54, 1.807) is 6.07 Å². The van der Waals surface area contributed by atoms with Crippen LogP contribution in [-0.4, -0.2) is 35.2 Å². The lowest BCUT2D eigenvalue weighted by Crippen LogP contribution is -2.39. The van der Waals surface area contributed by atoms with Gasteiger partial charge in [-0.05, 0) is 44.2 Å². The lowest BCUT2D eigenvalue weighted by Gasteiger charge is -2.35. The van der Waals surface area contributed by atoms with Gasteiger partial charge in [0.25, 0.3) is 5.91 Å². The first kappa shape index (κ1) is 15.7. The summed E-state index contributed by atoms with van der Waals surface area (Å²) in [5.74, 6) is 0.764. The van der Waals surface area contributed by atoms with Crippen molar-refractivity contribution in [1.82, 2.24) is 15.5 Å². The standard InChI is InChI=1S/C16H26N4O/c1-3-5-11-17-16(21)14-9-10-15(19-18-14)20-12-7-6-8-13(20)4-2/h9-10,13H,3-8,11-12H2,1-2H3,(H,17,21). The number of anilines is 1. The Balaban J connectivity index is 1.99. The second kappa shape index (κ2) is 7.96. The van der Waals surface area contributed by atoms with Crippen LogP contribution in [0.25, 0.3) is 0 Å². The normalized spacial score (nSPS) is 18.6. The molecule has 1 aromatic heterocycles. The van der Waals surface area contributed by atoms with E-state index in [0.717, 1.165) is 31.6 Å². The van der Waals surface area contributed by atoms with Gasteiger partial charge in [-0.15, -0.1) is 10.2 Å². The van der Waals surface area contributed by atoms with E-state index in [4.69, 9.17) is 0 Å². The monoisotopic (exact) mass is 290 g/mol. The molecule has 116 valence electrons. The van der Waals surface area contributed by atoms with Gasteiger partial charge < -0.3 is 10.2 Å². The second-order valence-electron chi connectivity index (χ2n) is 5.64. The molecule has 1 aliphatic heterocycles. The maximum Gasteiger partial charge on any atom is 0.271 e. The highest BCUT2D eigenvalue weighted by Gasteiger charge is 2.22. The van der Waals surface area contributed by atoms with Crippen LogP contribution < -0.4 is 10.2 Å². The van der Waals surface area contributed by atoms with Crippen LogP contribution in [0, 0.1) is 0 Å². The third kappa shape index (κ3) is 4.16. The summed E-state index contributed by atoms with van der Waals surface area (Å²) in [4.78, 5) is 14.2. The third-order valence-electron chi connectivity index (χ3n) is 4.09. The number of carbonyl (C=O) groups excluding carboxylic acids is 1. The zero-order valence-electron chi connectivity index (χ0n) is 13.1. The molecule has 2 rings (SSSR count). The first-order valence-corrected chi connectivity index (χ1v) is 8.14. The summed E-state index contributed by atoms with van der Waals surface area (Å²) in [6, 6.07) is 4.26. The number of carbonyl (C=O) groups is 1. The van der Waals surface area contributed by atoms with Crippen molar-refractivity contribution in [3.05, 3.63) is 17.8 Å². The molecule has 2 heterocycles. The summed E-state index contributed by atoms with van der Waals surface area (Å²) in [6.07, 6.45) is 6.90. The van der Waals surface area contributed by atoms with Crippen LogP contribution in [0.15, 0.2) is 12.1 Å². The fourth-order valence-electron chi connectivity index (χ4n) is 2.80. The van der Waals surface area contributed by atoms with Crippen LogP contribution in [0.2, 0.25) is 0 Å². The summed E-state index contributed by atoms with van der Waals surface area (Å²) in [5, 5.41) is 11.2. The molecule has 1 atom stereocenters. The molecule has 0 saturated carbocycles. The number of amides is 1. The largest absolute Gasteiger partial charge is 0.352 e. The van der Waals surface area contributed by atoms with Crippen LogP contribution in [0.5, 0.6) is 0 Å². The summed E-state index contributed by atoms with van der Waals surface area (Å²) in [5.41, 5.74) is 0.403. The molecule has 1 unspecified atom stereocenters. The Morgan fingerprint density at radius 3 is 2.86 bits per heavy atom. The van der Waals surface area contributed by atoms with Gasteiger partial charge in [0.05, 0.1) is 0 Å². The molecular weight excluding hydrogens is 264 g/mol. The smallest absolute Gasteiger partial charge is 0.271 e. The van der Waals surface area contributed by atoms with E-state index < -0.39 is 0 Å². The summed E-state index contributed by atoms with van der Waals surface area (Å²) in [6.45, 7) is 6.05. The molecule has 0 aliphatic carbocycles. The van der Waals surface area contributed by atoms with E-state index in [9.17, 15) is 4.79 Å². The van der Waals surface area contributed by atoms with E-state index in [-0.39, 0.29) is 5.91 Å². The zero-order chi connectivity index (χ0) is 15.1. The van der Waals surface area contributed by atoms with Gasteiger partial charge in [0.1, 0.15) is 0 Å². The predicted molar refractivity (Wildman–Crippen MR) is 84.5 cm³/mol. The number of nitrogens with zero attached hydrogens (tertiary/aromatic N) is 3. The highest BCUT2D eigenvalue weighted by Crippen LogP contribution is 2.24. The van der Waals surface area contributed by atoms with E-state index in [0.29, 0.717) is 18.3 Å². The Morgan fingerprint density at radius 1 is 1.33 bits per heavy atom. The number of rotatable bonds is 6. The molecular formula is C16H26N4O. The Hall–Kier alpha value is -1.65. The Kier molecular flexibility index (Phi) is 5.96. The molecule has 5 nitrogen and oxygen atoms in total. The van der Waals surface area contributed by atoms with Crippen LogP contribution in [-0.2, 0) is 0 Å². The van der Waals surface area contributed by atoms with Gasteiger partial charge in [-0.3, -0.25) is 4.79 Å². The van der Waals surface area contributed by atoms with Crippen LogP contribution >= 0.6 is 0 Å². The maximum atomic E-state index is 11.9. The van der Waals surface area contributed by atoms with Crippen LogP contribution in [0.3, 0.4) is 0 Å². The zero-order valence-corrected chi connectivity index (χ0v) is 13.1. The average Bonchev–Trinajstić information content (AvgIpc) is 2.55. The van der Waals surface area contributed by atoms with E-state index in [1.165, 1.54) is 19.3 Å². The van der Waals surface area contributed by atoms with Gasteiger partial charge in [-0.2, -0.15) is 0 Å². The fraction of sp³-hybridized carbons (Fsp3) is 0.688. The Labute approximate surface area is 127 Å². The molecule has 21 heavy (non-hydrogen) atoms. The average molecular weight is 290 g/mol. The minimum Gasteiger partial charge on any atom is -0.352 e. The molecule has 5 heteroatoms. The summed E-state index contributed by atoms with van der Waals surface area (Å²) < 4.78 is 0. The van der Waals surface area contributed by atoms with Crippen molar-refractivity contribution < 1.29 is 4.79 Å². The van der Waals surface area contributed by atoms with Gasteiger partial charge in [0.2, 0.25) is 0 Å². The molecule has 1 N–H and O–H groups in total. The van der Waals surface area contributed by atoms with Crippen LogP contribution in [0.4, 0.5) is 5.82 Å². The molecule has 0 spiro atoms. The highest BCUT2D eigenvalue weighted by atomic mass is 16.1. The molecule has 1 aliphatic rings. The number of nitrogens with one attached hydrogen (secondary N) is 1. The second-order valence-corrected chi connectivity index (χ2v) is 5.64. The van der Waals surface area contributed by atoms with Crippen LogP contribution in [0.1, 0.15) is 62.9 Å². The predicted octanol–water partition coefficient (Wildman–Crippen LogP) is 2.78. The molecule has 1 saturated heterocycles. The van der Waals surface area contributed by atoms with Crippen molar-refractivity contribution in [3.8, 4) is 0 Å². The molecule has 0 aromatic carbocycles. The number of aromatic nitrogens is 2. The van der Waals surface area contributed by atoms with Crippen molar-refractivity contribution >= 4 is 11.7 Å². The maximum absolute atomic E-state index is 11.9. The van der Waals surface area contributed by atoms with Gasteiger partial charge in [-0.25, -0.2) is 0 Å². The molecule has 1 amide bonds. The Bertz CT molecular complexity index is 446. The number of hydrogen-bond acceptors (Lipinski definition) is 4. The highest BCUT2D eigenvalue weighted by molar-refractivity contribution is 5.92. The van der Waals surface area contributed by atoms with E-state index in [1.807, 2.05) is 6.07 Å². The van der Waals surface area contributed by atoms with Gasteiger partial charge in [0.15, 0.2) is 11.5 Å². The van der Waals surface area contributed by atoms with Crippen molar-refractivity contribution in [2.24, 2.45) is 0 Å². The lowest BCUT2D eigenvalue weighted by atomic mass is 10.0. The quantitative estimate of drug-likeness (QED) is 0.818. The van der Waals surface area contributed by atoms with Gasteiger partial charge in [0, 0.05) is 19.1 Å². The first-order valence-electron chi connectivity index (χ1n) is 8.14. The van der Waals surface area contributed by atoms with Crippen molar-refractivity contribution in [1.29, 1.82) is 0 Å². The molecule has 0 bridgehead atoms. The minimum atomic E-state index is -0.131. The fourth-order valence-corrected chi connectivity index (χ4v) is 2.80. The van der Waals surface area contributed by atoms with Gasteiger partial charge >= 0.3 is 0 Å². The summed E-state index contributed by atoms with van der Waals surface area (Å²) in [7, 11) is 0. The van der Waals surface area contributed by atoms with Crippen molar-refractivity contribution in [2.45, 2.75) is 58.4 Å².